The van der Waals surface area contributed by atoms with Crippen LogP contribution in [0.2, 0.25) is 18.6 Å². The van der Waals surface area contributed by atoms with E-state index in [0.717, 1.165) is 42.6 Å². The third-order valence-electron chi connectivity index (χ3n) is 8.62. The number of aryl methyl sites for hydroxylation is 1. The van der Waals surface area contributed by atoms with Gasteiger partial charge in [0.1, 0.15) is 5.75 Å². The number of amides is 2. The predicted octanol–water partition coefficient (Wildman–Crippen LogP) is 4.02. The molecule has 0 spiro atoms. The smallest absolute Gasteiger partial charge is 0.269 e. The zero-order chi connectivity index (χ0) is 27.7. The SMILES string of the molecule is C[C@H]1[C@H]([Si](C)(C)O)[C@@H](CC(=O)N2CCC[C@H]2CO)O[C@H]1CCc1ccc(N2C(=O)COc3ccccc32)cc1. The molecular weight excluding hydrogens is 512 g/mol. The number of para-hydroxylation sites is 2. The van der Waals surface area contributed by atoms with Crippen LogP contribution in [0.15, 0.2) is 48.5 Å². The Labute approximate surface area is 231 Å². The summed E-state index contributed by atoms with van der Waals surface area (Å²) in [7, 11) is -2.59. The quantitative estimate of drug-likeness (QED) is 0.480. The molecule has 2 fully saturated rings. The van der Waals surface area contributed by atoms with Crippen molar-refractivity contribution in [2.24, 2.45) is 5.92 Å². The summed E-state index contributed by atoms with van der Waals surface area (Å²) in [6.07, 6.45) is 3.22. The third-order valence-corrected chi connectivity index (χ3v) is 11.2. The first-order chi connectivity index (χ1) is 18.7. The normalized spacial score (nSPS) is 27.0. The average molecular weight is 553 g/mol. The average Bonchev–Trinajstić information content (AvgIpc) is 3.52. The fourth-order valence-corrected chi connectivity index (χ4v) is 9.36. The Morgan fingerprint density at radius 3 is 2.56 bits per heavy atom. The summed E-state index contributed by atoms with van der Waals surface area (Å²) in [5.41, 5.74) is 2.66. The van der Waals surface area contributed by atoms with Crippen LogP contribution in [0.25, 0.3) is 0 Å². The fourth-order valence-electron chi connectivity index (χ4n) is 6.76. The maximum absolute atomic E-state index is 13.1. The van der Waals surface area contributed by atoms with E-state index < -0.39 is 8.32 Å². The topological polar surface area (TPSA) is 99.5 Å². The predicted molar refractivity (Wildman–Crippen MR) is 152 cm³/mol. The van der Waals surface area contributed by atoms with Gasteiger partial charge in [0.15, 0.2) is 14.9 Å². The molecule has 0 aliphatic carbocycles. The maximum Gasteiger partial charge on any atom is 0.269 e. The van der Waals surface area contributed by atoms with Crippen molar-refractivity contribution in [1.29, 1.82) is 0 Å². The highest BCUT2D eigenvalue weighted by Crippen LogP contribution is 2.46. The Bertz CT molecular complexity index is 1180. The van der Waals surface area contributed by atoms with Crippen LogP contribution < -0.4 is 9.64 Å². The van der Waals surface area contributed by atoms with E-state index in [-0.39, 0.29) is 61.2 Å². The molecule has 0 unspecified atom stereocenters. The Kier molecular flexibility index (Phi) is 8.14. The lowest BCUT2D eigenvalue weighted by Gasteiger charge is -2.31. The standard InChI is InChI=1S/C30H40N2O6Si/c1-20-25(38-27(30(20)39(2,3)36)17-28(34)31-16-6-7-23(31)18-33)15-12-21-10-13-22(14-11-21)32-24-8-4-5-9-26(24)37-19-29(32)35/h4-5,8-11,13-14,20,23,25,27,30,33,36H,6-7,12,15-19H2,1-3H3/t20-,23+,25+,27-,30+/m1/s1. The van der Waals surface area contributed by atoms with Crippen LogP contribution in [0.1, 0.15) is 38.2 Å². The van der Waals surface area contributed by atoms with Gasteiger partial charge < -0.3 is 24.3 Å². The summed E-state index contributed by atoms with van der Waals surface area (Å²) < 4.78 is 12.1. The number of nitrogens with zero attached hydrogens (tertiary/aromatic N) is 2. The lowest BCUT2D eigenvalue weighted by Crippen LogP contribution is -2.43. The number of aliphatic hydroxyl groups is 1. The van der Waals surface area contributed by atoms with E-state index in [1.54, 1.807) is 9.80 Å². The lowest BCUT2D eigenvalue weighted by atomic mass is 9.95. The Balaban J connectivity index is 1.24. The lowest BCUT2D eigenvalue weighted by molar-refractivity contribution is -0.135. The van der Waals surface area contributed by atoms with E-state index >= 15 is 0 Å². The first-order valence-electron chi connectivity index (χ1n) is 14.1. The second-order valence-corrected chi connectivity index (χ2v) is 15.7. The van der Waals surface area contributed by atoms with E-state index in [0.29, 0.717) is 12.3 Å². The van der Waals surface area contributed by atoms with Crippen LogP contribution in [0.3, 0.4) is 0 Å². The van der Waals surface area contributed by atoms with Gasteiger partial charge in [0, 0.05) is 17.8 Å². The summed E-state index contributed by atoms with van der Waals surface area (Å²) in [6, 6.07) is 15.5. The van der Waals surface area contributed by atoms with E-state index in [9.17, 15) is 19.5 Å². The minimum atomic E-state index is -2.59. The molecule has 3 heterocycles. The highest BCUT2D eigenvalue weighted by Gasteiger charge is 2.50. The van der Waals surface area contributed by atoms with Gasteiger partial charge in [-0.05, 0) is 74.5 Å². The van der Waals surface area contributed by atoms with E-state index in [4.69, 9.17) is 9.47 Å². The number of rotatable bonds is 8. The molecular formula is C30H40N2O6Si. The summed E-state index contributed by atoms with van der Waals surface area (Å²) in [5.74, 6) is 0.755. The Morgan fingerprint density at radius 2 is 1.85 bits per heavy atom. The molecule has 2 aromatic rings. The minimum Gasteiger partial charge on any atom is -0.482 e. The Hall–Kier alpha value is -2.72. The summed E-state index contributed by atoms with van der Waals surface area (Å²) in [4.78, 5) is 40.4. The van der Waals surface area contributed by atoms with Crippen LogP contribution in [-0.4, -0.2) is 72.9 Å². The van der Waals surface area contributed by atoms with Gasteiger partial charge in [0.25, 0.3) is 5.91 Å². The number of ether oxygens (including phenoxy) is 2. The summed E-state index contributed by atoms with van der Waals surface area (Å²) >= 11 is 0. The molecule has 2 amide bonds. The van der Waals surface area contributed by atoms with Crippen molar-refractivity contribution in [2.45, 2.75) is 75.9 Å². The number of anilines is 2. The highest BCUT2D eigenvalue weighted by molar-refractivity contribution is 6.71. The van der Waals surface area contributed by atoms with Gasteiger partial charge >= 0.3 is 0 Å². The van der Waals surface area contributed by atoms with Gasteiger partial charge in [-0.2, -0.15) is 0 Å². The van der Waals surface area contributed by atoms with Gasteiger partial charge in [-0.1, -0.05) is 31.2 Å². The van der Waals surface area contributed by atoms with Crippen LogP contribution in [0, 0.1) is 5.92 Å². The molecule has 2 saturated heterocycles. The third kappa shape index (κ3) is 5.77. The van der Waals surface area contributed by atoms with Crippen molar-refractivity contribution in [2.75, 3.05) is 24.7 Å². The molecule has 3 aliphatic rings. The number of fused-ring (bicyclic) bond motifs is 1. The van der Waals surface area contributed by atoms with E-state index in [1.165, 1.54) is 0 Å². The molecule has 0 radical (unpaired) electrons. The molecule has 0 saturated carbocycles. The van der Waals surface area contributed by atoms with Crippen LogP contribution in [-0.2, 0) is 20.7 Å². The van der Waals surface area contributed by atoms with Crippen LogP contribution in [0.5, 0.6) is 5.75 Å². The van der Waals surface area contributed by atoms with Gasteiger partial charge in [-0.3, -0.25) is 14.5 Å². The number of hydrogen-bond acceptors (Lipinski definition) is 6. The minimum absolute atomic E-state index is 0.00897. The molecule has 3 aliphatic heterocycles. The molecule has 5 atom stereocenters. The van der Waals surface area contributed by atoms with Crippen molar-refractivity contribution in [3.8, 4) is 5.75 Å². The monoisotopic (exact) mass is 552 g/mol. The fraction of sp³-hybridized carbons (Fsp3) is 0.533. The summed E-state index contributed by atoms with van der Waals surface area (Å²) in [5, 5.41) is 9.65. The van der Waals surface area contributed by atoms with Crippen molar-refractivity contribution in [1.82, 2.24) is 4.90 Å². The zero-order valence-electron chi connectivity index (χ0n) is 23.1. The second kappa shape index (κ2) is 11.4. The molecule has 0 aromatic heterocycles. The van der Waals surface area contributed by atoms with Gasteiger partial charge in [-0.25, -0.2) is 0 Å². The molecule has 210 valence electrons. The molecule has 2 aromatic carbocycles. The Morgan fingerprint density at radius 1 is 1.10 bits per heavy atom. The highest BCUT2D eigenvalue weighted by atomic mass is 28.4. The summed E-state index contributed by atoms with van der Waals surface area (Å²) in [6.45, 7) is 6.70. The number of carbonyl (C=O) groups is 2. The molecule has 39 heavy (non-hydrogen) atoms. The molecule has 2 N–H and O–H groups in total. The molecule has 9 heteroatoms. The number of benzene rings is 2. The van der Waals surface area contributed by atoms with Crippen LogP contribution >= 0.6 is 0 Å². The van der Waals surface area contributed by atoms with Crippen molar-refractivity contribution < 1.29 is 29.0 Å². The van der Waals surface area contributed by atoms with Crippen LogP contribution in [0.4, 0.5) is 11.4 Å². The van der Waals surface area contributed by atoms with E-state index in [2.05, 4.69) is 6.92 Å². The number of hydrogen-bond donors (Lipinski definition) is 2. The molecule has 0 bridgehead atoms. The van der Waals surface area contributed by atoms with Crippen molar-refractivity contribution in [3.05, 3.63) is 54.1 Å². The first kappa shape index (κ1) is 27.8. The molecule has 5 rings (SSSR count). The zero-order valence-corrected chi connectivity index (χ0v) is 24.1. The number of aliphatic hydroxyl groups excluding tert-OH is 1. The number of likely N-dealkylation sites (tertiary alicyclic amines) is 1. The maximum atomic E-state index is 13.1. The molecule has 8 nitrogen and oxygen atoms in total. The van der Waals surface area contributed by atoms with Gasteiger partial charge in [0.2, 0.25) is 5.91 Å². The van der Waals surface area contributed by atoms with Crippen molar-refractivity contribution in [3.63, 3.8) is 0 Å². The van der Waals surface area contributed by atoms with Gasteiger partial charge in [0.05, 0.1) is 37.0 Å². The largest absolute Gasteiger partial charge is 0.482 e. The van der Waals surface area contributed by atoms with Crippen molar-refractivity contribution >= 4 is 31.5 Å². The first-order valence-corrected chi connectivity index (χ1v) is 17.1. The van der Waals surface area contributed by atoms with E-state index in [1.807, 2.05) is 61.6 Å². The second-order valence-electron chi connectivity index (χ2n) is 11.7. The van der Waals surface area contributed by atoms with Gasteiger partial charge in [-0.15, -0.1) is 0 Å². The number of carbonyl (C=O) groups excluding carboxylic acids is 2.